The van der Waals surface area contributed by atoms with Gasteiger partial charge in [0.1, 0.15) is 11.9 Å². The van der Waals surface area contributed by atoms with E-state index in [4.69, 9.17) is 11.5 Å². The highest BCUT2D eigenvalue weighted by molar-refractivity contribution is 6.06. The van der Waals surface area contributed by atoms with Crippen LogP contribution in [0.3, 0.4) is 0 Å². The number of nitrogens with one attached hydrogen (secondary N) is 1. The zero-order valence-corrected chi connectivity index (χ0v) is 17.8. The Morgan fingerprint density at radius 2 is 1.93 bits per heavy atom. The van der Waals surface area contributed by atoms with Gasteiger partial charge in [-0.05, 0) is 37.7 Å². The lowest BCUT2D eigenvalue weighted by Gasteiger charge is -2.19. The number of carbonyl (C=O) groups excluding carboxylic acids is 3. The van der Waals surface area contributed by atoms with Crippen molar-refractivity contribution in [2.75, 3.05) is 19.4 Å². The third-order valence-corrected chi connectivity index (χ3v) is 4.51. The average molecular weight is 415 g/mol. The lowest BCUT2D eigenvalue weighted by molar-refractivity contribution is -0.125. The predicted octanol–water partition coefficient (Wildman–Crippen LogP) is 1.16. The monoisotopic (exact) mass is 415 g/mol. The molecule has 0 saturated carbocycles. The highest BCUT2D eigenvalue weighted by atomic mass is 16.2. The Bertz CT molecular complexity index is 890. The number of allylic oxidation sites excluding steroid dienone is 1. The molecular formula is C20H29N7O3. The van der Waals surface area contributed by atoms with Gasteiger partial charge in [0.05, 0.1) is 6.20 Å². The lowest BCUT2D eigenvalue weighted by Crippen LogP contribution is -2.36. The SMILES string of the molecule is CC(C)CC(Nc1cnc(C(N)=O)c(N=C2C=C(C(=O)N(C)C)CCC2)n1)C(N)=O. The molecule has 1 aromatic rings. The first-order chi connectivity index (χ1) is 14.1. The number of anilines is 1. The maximum absolute atomic E-state index is 12.2. The van der Waals surface area contributed by atoms with Gasteiger partial charge in [0.2, 0.25) is 11.8 Å². The van der Waals surface area contributed by atoms with Crippen molar-refractivity contribution < 1.29 is 14.4 Å². The summed E-state index contributed by atoms with van der Waals surface area (Å²) in [7, 11) is 3.37. The van der Waals surface area contributed by atoms with Crippen LogP contribution >= 0.6 is 0 Å². The van der Waals surface area contributed by atoms with Crippen LogP contribution in [0.25, 0.3) is 0 Å². The van der Waals surface area contributed by atoms with Gasteiger partial charge in [0, 0.05) is 25.4 Å². The molecular weight excluding hydrogens is 386 g/mol. The zero-order chi connectivity index (χ0) is 22.4. The van der Waals surface area contributed by atoms with Gasteiger partial charge in [0.25, 0.3) is 5.91 Å². The minimum Gasteiger partial charge on any atom is -0.368 e. The number of carbonyl (C=O) groups is 3. The number of amides is 3. The summed E-state index contributed by atoms with van der Waals surface area (Å²) in [5.41, 5.74) is 12.0. The molecule has 0 fully saturated rings. The van der Waals surface area contributed by atoms with E-state index >= 15 is 0 Å². The number of aromatic nitrogens is 2. The van der Waals surface area contributed by atoms with Crippen molar-refractivity contribution in [2.45, 2.75) is 45.6 Å². The molecule has 5 N–H and O–H groups in total. The summed E-state index contributed by atoms with van der Waals surface area (Å²) < 4.78 is 0. The van der Waals surface area contributed by atoms with Gasteiger partial charge >= 0.3 is 0 Å². The number of aliphatic imine (C=N–C) groups is 1. The van der Waals surface area contributed by atoms with Crippen molar-refractivity contribution in [3.63, 3.8) is 0 Å². The van der Waals surface area contributed by atoms with Crippen molar-refractivity contribution in [1.82, 2.24) is 14.9 Å². The summed E-state index contributed by atoms with van der Waals surface area (Å²) in [6.45, 7) is 3.94. The van der Waals surface area contributed by atoms with Gasteiger partial charge in [0.15, 0.2) is 11.5 Å². The van der Waals surface area contributed by atoms with E-state index in [-0.39, 0.29) is 29.2 Å². The van der Waals surface area contributed by atoms with Gasteiger partial charge in [-0.15, -0.1) is 0 Å². The maximum atomic E-state index is 12.2. The fourth-order valence-electron chi connectivity index (χ4n) is 3.08. The van der Waals surface area contributed by atoms with Crippen LogP contribution in [0.2, 0.25) is 0 Å². The molecule has 0 spiro atoms. The van der Waals surface area contributed by atoms with Crippen LogP contribution in [0, 0.1) is 5.92 Å². The molecule has 0 aromatic carbocycles. The maximum Gasteiger partial charge on any atom is 0.271 e. The summed E-state index contributed by atoms with van der Waals surface area (Å²) in [4.78, 5) is 50.1. The predicted molar refractivity (Wildman–Crippen MR) is 114 cm³/mol. The number of rotatable bonds is 8. The first-order valence-corrected chi connectivity index (χ1v) is 9.81. The molecule has 0 saturated heterocycles. The van der Waals surface area contributed by atoms with E-state index in [2.05, 4.69) is 20.3 Å². The molecule has 0 bridgehead atoms. The Hall–Kier alpha value is -3.30. The zero-order valence-electron chi connectivity index (χ0n) is 17.8. The lowest BCUT2D eigenvalue weighted by atomic mass is 9.97. The van der Waals surface area contributed by atoms with Crippen LogP contribution in [0.4, 0.5) is 11.6 Å². The first-order valence-electron chi connectivity index (χ1n) is 9.81. The van der Waals surface area contributed by atoms with Crippen LogP contribution in [0.15, 0.2) is 22.8 Å². The van der Waals surface area contributed by atoms with E-state index < -0.39 is 17.9 Å². The van der Waals surface area contributed by atoms with Gasteiger partial charge in [-0.1, -0.05) is 13.8 Å². The third-order valence-electron chi connectivity index (χ3n) is 4.51. The van der Waals surface area contributed by atoms with Crippen LogP contribution < -0.4 is 16.8 Å². The molecule has 1 aromatic heterocycles. The quantitative estimate of drug-likeness (QED) is 0.578. The van der Waals surface area contributed by atoms with Crippen molar-refractivity contribution in [3.05, 3.63) is 23.5 Å². The average Bonchev–Trinajstić information content (AvgIpc) is 2.66. The first kappa shape index (κ1) is 23.0. The fraction of sp³-hybridized carbons (Fsp3) is 0.500. The molecule has 2 rings (SSSR count). The molecule has 1 unspecified atom stereocenters. The minimum atomic E-state index is -0.772. The Kier molecular flexibility index (Phi) is 7.62. The molecule has 3 amide bonds. The molecule has 0 aliphatic heterocycles. The van der Waals surface area contributed by atoms with Crippen LogP contribution in [0.1, 0.15) is 50.0 Å². The summed E-state index contributed by atoms with van der Waals surface area (Å²) in [6, 6.07) is -0.641. The van der Waals surface area contributed by atoms with Gasteiger partial charge in [-0.25, -0.2) is 15.0 Å². The van der Waals surface area contributed by atoms with E-state index in [0.29, 0.717) is 30.5 Å². The summed E-state index contributed by atoms with van der Waals surface area (Å²) in [5.74, 6) is -0.853. The largest absolute Gasteiger partial charge is 0.368 e. The van der Waals surface area contributed by atoms with E-state index in [0.717, 1.165) is 6.42 Å². The van der Waals surface area contributed by atoms with Crippen molar-refractivity contribution in [2.24, 2.45) is 22.4 Å². The van der Waals surface area contributed by atoms with E-state index in [1.165, 1.54) is 11.1 Å². The number of primary amides is 2. The highest BCUT2D eigenvalue weighted by Crippen LogP contribution is 2.23. The van der Waals surface area contributed by atoms with Gasteiger partial charge in [-0.3, -0.25) is 14.4 Å². The molecule has 0 radical (unpaired) electrons. The second-order valence-electron chi connectivity index (χ2n) is 7.85. The Labute approximate surface area is 175 Å². The standard InChI is InChI=1S/C20H29N7O3/c1-11(2)8-14(17(21)28)25-15-10-23-16(18(22)29)19(26-15)24-13-7-5-6-12(9-13)20(30)27(3)4/h9-11,14H,5-8H2,1-4H3,(H2,21,28)(H2,22,29)(H,25,26). The number of nitrogens with two attached hydrogens (primary N) is 2. The second-order valence-corrected chi connectivity index (χ2v) is 7.85. The van der Waals surface area contributed by atoms with Gasteiger partial charge in [-0.2, -0.15) is 0 Å². The third kappa shape index (κ3) is 6.10. The van der Waals surface area contributed by atoms with E-state index in [1.807, 2.05) is 13.8 Å². The second kappa shape index (κ2) is 9.95. The smallest absolute Gasteiger partial charge is 0.271 e. The highest BCUT2D eigenvalue weighted by Gasteiger charge is 2.21. The Morgan fingerprint density at radius 3 is 2.50 bits per heavy atom. The number of likely N-dealkylation sites (N-methyl/N-ethyl adjacent to an activating group) is 1. The molecule has 30 heavy (non-hydrogen) atoms. The Morgan fingerprint density at radius 1 is 1.23 bits per heavy atom. The summed E-state index contributed by atoms with van der Waals surface area (Å²) in [5, 5.41) is 2.95. The molecule has 10 heteroatoms. The van der Waals surface area contributed by atoms with Crippen LogP contribution in [-0.2, 0) is 9.59 Å². The molecule has 10 nitrogen and oxygen atoms in total. The summed E-state index contributed by atoms with van der Waals surface area (Å²) >= 11 is 0. The van der Waals surface area contributed by atoms with Crippen molar-refractivity contribution in [1.29, 1.82) is 0 Å². The number of hydrogen-bond acceptors (Lipinski definition) is 7. The van der Waals surface area contributed by atoms with E-state index in [9.17, 15) is 14.4 Å². The van der Waals surface area contributed by atoms with Crippen molar-refractivity contribution in [3.8, 4) is 0 Å². The van der Waals surface area contributed by atoms with Crippen molar-refractivity contribution >= 4 is 35.1 Å². The molecule has 162 valence electrons. The van der Waals surface area contributed by atoms with Crippen LogP contribution in [0.5, 0.6) is 0 Å². The normalized spacial score (nSPS) is 16.2. The number of nitrogens with zero attached hydrogens (tertiary/aromatic N) is 4. The molecule has 1 aliphatic rings. The topological polar surface area (TPSA) is 157 Å². The Balaban J connectivity index is 2.40. The molecule has 1 heterocycles. The fourth-order valence-corrected chi connectivity index (χ4v) is 3.08. The molecule has 1 aliphatic carbocycles. The number of hydrogen-bond donors (Lipinski definition) is 3. The molecule has 1 atom stereocenters. The van der Waals surface area contributed by atoms with Crippen LogP contribution in [-0.4, -0.2) is 58.4 Å². The minimum absolute atomic E-state index is 0.0325. The van der Waals surface area contributed by atoms with E-state index in [1.54, 1.807) is 20.2 Å². The van der Waals surface area contributed by atoms with Gasteiger partial charge < -0.3 is 21.7 Å². The summed E-state index contributed by atoms with van der Waals surface area (Å²) in [6.07, 6.45) is 5.57.